The maximum atomic E-state index is 5.77. The Morgan fingerprint density at radius 1 is 1.54 bits per heavy atom. The molecule has 3 heteroatoms. The van der Waals surface area contributed by atoms with Crippen molar-refractivity contribution in [3.8, 4) is 5.75 Å². The van der Waals surface area contributed by atoms with Crippen molar-refractivity contribution in [2.45, 2.75) is 12.5 Å². The summed E-state index contributed by atoms with van der Waals surface area (Å²) in [7, 11) is 2.06. The SMILES string of the molecule is CN(I)CC1Cc2ccccc2O1. The lowest BCUT2D eigenvalue weighted by molar-refractivity contribution is 0.214. The second-order valence-corrected chi connectivity index (χ2v) is 4.99. The van der Waals surface area contributed by atoms with Crippen LogP contribution in [0.2, 0.25) is 0 Å². The van der Waals surface area contributed by atoms with Crippen LogP contribution in [0.25, 0.3) is 0 Å². The van der Waals surface area contributed by atoms with Crippen LogP contribution in [-0.2, 0) is 6.42 Å². The van der Waals surface area contributed by atoms with Gasteiger partial charge in [-0.2, -0.15) is 0 Å². The molecule has 0 aromatic heterocycles. The summed E-state index contributed by atoms with van der Waals surface area (Å²) in [6.07, 6.45) is 1.38. The minimum absolute atomic E-state index is 0.333. The normalized spacial score (nSPS) is 20.1. The molecule has 1 heterocycles. The fourth-order valence-electron chi connectivity index (χ4n) is 1.64. The number of hydrogen-bond donors (Lipinski definition) is 0. The molecule has 1 aromatic rings. The molecule has 0 fully saturated rings. The molecular formula is C10H12INO. The first-order chi connectivity index (χ1) is 6.25. The van der Waals surface area contributed by atoms with E-state index in [9.17, 15) is 0 Å². The number of benzene rings is 1. The second kappa shape index (κ2) is 3.84. The topological polar surface area (TPSA) is 12.5 Å². The smallest absolute Gasteiger partial charge is 0.123 e. The average molecular weight is 289 g/mol. The van der Waals surface area contributed by atoms with Gasteiger partial charge in [0.2, 0.25) is 0 Å². The molecule has 2 rings (SSSR count). The third kappa shape index (κ3) is 2.14. The molecule has 0 saturated heterocycles. The van der Waals surface area contributed by atoms with Crippen molar-refractivity contribution >= 4 is 22.9 Å². The molecule has 1 atom stereocenters. The van der Waals surface area contributed by atoms with Crippen molar-refractivity contribution in [2.24, 2.45) is 0 Å². The maximum Gasteiger partial charge on any atom is 0.123 e. The number of ether oxygens (including phenoxy) is 1. The van der Waals surface area contributed by atoms with Crippen molar-refractivity contribution in [3.63, 3.8) is 0 Å². The van der Waals surface area contributed by atoms with Crippen molar-refractivity contribution in [1.29, 1.82) is 0 Å². The van der Waals surface area contributed by atoms with E-state index in [2.05, 4.69) is 45.2 Å². The van der Waals surface area contributed by atoms with Gasteiger partial charge >= 0.3 is 0 Å². The lowest BCUT2D eigenvalue weighted by Gasteiger charge is -2.13. The molecule has 13 heavy (non-hydrogen) atoms. The summed E-state index contributed by atoms with van der Waals surface area (Å²) >= 11 is 2.28. The van der Waals surface area contributed by atoms with Crippen LogP contribution in [0.3, 0.4) is 0 Å². The largest absolute Gasteiger partial charge is 0.488 e. The monoisotopic (exact) mass is 289 g/mol. The number of para-hydroxylation sites is 1. The van der Waals surface area contributed by atoms with Crippen LogP contribution >= 0.6 is 22.9 Å². The molecular weight excluding hydrogens is 277 g/mol. The Bertz CT molecular complexity index is 276. The fraction of sp³-hybridized carbons (Fsp3) is 0.400. The van der Waals surface area contributed by atoms with E-state index in [1.165, 1.54) is 5.56 Å². The van der Waals surface area contributed by atoms with Gasteiger partial charge in [-0.1, -0.05) is 18.2 Å². The van der Waals surface area contributed by atoms with Gasteiger partial charge < -0.3 is 4.74 Å². The first kappa shape index (κ1) is 9.27. The summed E-state index contributed by atoms with van der Waals surface area (Å²) < 4.78 is 7.90. The van der Waals surface area contributed by atoms with Crippen LogP contribution in [0.5, 0.6) is 5.75 Å². The Morgan fingerprint density at radius 3 is 3.00 bits per heavy atom. The van der Waals surface area contributed by atoms with E-state index in [1.807, 2.05) is 12.1 Å². The Morgan fingerprint density at radius 2 is 2.31 bits per heavy atom. The summed E-state index contributed by atoms with van der Waals surface area (Å²) in [6.45, 7) is 0.981. The van der Waals surface area contributed by atoms with Gasteiger partial charge in [-0.15, -0.1) is 0 Å². The van der Waals surface area contributed by atoms with Gasteiger partial charge in [0.25, 0.3) is 0 Å². The standard InChI is InChI=1S/C10H12INO/c1-12(11)7-9-6-8-4-2-3-5-10(8)13-9/h2-5,9H,6-7H2,1H3. The third-order valence-corrected chi connectivity index (χ3v) is 2.56. The molecule has 0 spiro atoms. The molecule has 1 aliphatic rings. The van der Waals surface area contributed by atoms with Gasteiger partial charge in [-0.25, -0.2) is 3.11 Å². The minimum Gasteiger partial charge on any atom is -0.488 e. The van der Waals surface area contributed by atoms with Crippen molar-refractivity contribution in [3.05, 3.63) is 29.8 Å². The molecule has 70 valence electrons. The second-order valence-electron chi connectivity index (χ2n) is 3.34. The van der Waals surface area contributed by atoms with Gasteiger partial charge in [0.05, 0.1) is 0 Å². The number of fused-ring (bicyclic) bond motifs is 1. The highest BCUT2D eigenvalue weighted by Crippen LogP contribution is 2.28. The van der Waals surface area contributed by atoms with Gasteiger partial charge in [-0.3, -0.25) is 0 Å². The van der Waals surface area contributed by atoms with E-state index >= 15 is 0 Å². The maximum absolute atomic E-state index is 5.77. The quantitative estimate of drug-likeness (QED) is 0.612. The highest BCUT2D eigenvalue weighted by Gasteiger charge is 2.22. The molecule has 1 aromatic carbocycles. The zero-order valence-corrected chi connectivity index (χ0v) is 9.69. The molecule has 2 nitrogen and oxygen atoms in total. The summed E-state index contributed by atoms with van der Waals surface area (Å²) in [4.78, 5) is 0. The predicted octanol–water partition coefficient (Wildman–Crippen LogP) is 2.27. The van der Waals surface area contributed by atoms with E-state index < -0.39 is 0 Å². The number of nitrogens with zero attached hydrogens (tertiary/aromatic N) is 1. The molecule has 0 aliphatic carbocycles. The fourth-order valence-corrected chi connectivity index (χ4v) is 2.08. The van der Waals surface area contributed by atoms with Gasteiger partial charge in [0.1, 0.15) is 11.9 Å². The first-order valence-corrected chi connectivity index (χ1v) is 5.33. The first-order valence-electron chi connectivity index (χ1n) is 4.37. The number of halogens is 1. The van der Waals surface area contributed by atoms with E-state index in [1.54, 1.807) is 0 Å². The van der Waals surface area contributed by atoms with Gasteiger partial charge in [-0.05, 0) is 18.7 Å². The van der Waals surface area contributed by atoms with Crippen molar-refractivity contribution in [1.82, 2.24) is 3.11 Å². The lowest BCUT2D eigenvalue weighted by atomic mass is 10.1. The average Bonchev–Trinajstić information content (AvgIpc) is 2.44. The van der Waals surface area contributed by atoms with Crippen LogP contribution in [-0.4, -0.2) is 22.8 Å². The van der Waals surface area contributed by atoms with Crippen LogP contribution in [0.1, 0.15) is 5.56 Å². The Hall–Kier alpha value is -0.290. The Kier molecular flexibility index (Phi) is 2.74. The Balaban J connectivity index is 2.05. The van der Waals surface area contributed by atoms with Crippen LogP contribution in [0.4, 0.5) is 0 Å². The van der Waals surface area contributed by atoms with Crippen LogP contribution in [0, 0.1) is 0 Å². The van der Waals surface area contributed by atoms with E-state index in [0.717, 1.165) is 18.7 Å². The molecule has 0 N–H and O–H groups in total. The summed E-state index contributed by atoms with van der Waals surface area (Å²) in [5.41, 5.74) is 1.34. The van der Waals surface area contributed by atoms with Crippen LogP contribution < -0.4 is 4.74 Å². The summed E-state index contributed by atoms with van der Waals surface area (Å²) in [6, 6.07) is 8.28. The number of hydrogen-bond acceptors (Lipinski definition) is 2. The zero-order valence-electron chi connectivity index (χ0n) is 7.53. The highest BCUT2D eigenvalue weighted by atomic mass is 127. The number of likely N-dealkylation sites (N-methyl/N-ethyl adjacent to an activating group) is 1. The molecule has 1 aliphatic heterocycles. The lowest BCUT2D eigenvalue weighted by Crippen LogP contribution is -2.25. The van der Waals surface area contributed by atoms with Gasteiger partial charge in [0.15, 0.2) is 0 Å². The predicted molar refractivity (Wildman–Crippen MR) is 61.2 cm³/mol. The van der Waals surface area contributed by atoms with E-state index in [0.29, 0.717) is 6.10 Å². The third-order valence-electron chi connectivity index (χ3n) is 2.17. The molecule has 0 amide bonds. The number of rotatable bonds is 2. The highest BCUT2D eigenvalue weighted by molar-refractivity contribution is 14.1. The van der Waals surface area contributed by atoms with Crippen molar-refractivity contribution in [2.75, 3.05) is 13.6 Å². The minimum atomic E-state index is 0.333. The molecule has 0 saturated carbocycles. The van der Waals surface area contributed by atoms with Gasteiger partial charge in [0, 0.05) is 35.8 Å². The van der Waals surface area contributed by atoms with E-state index in [-0.39, 0.29) is 0 Å². The van der Waals surface area contributed by atoms with E-state index in [4.69, 9.17) is 4.74 Å². The molecule has 1 unspecified atom stereocenters. The van der Waals surface area contributed by atoms with Crippen molar-refractivity contribution < 1.29 is 4.74 Å². The Labute approximate surface area is 92.4 Å². The molecule has 0 bridgehead atoms. The summed E-state index contributed by atoms with van der Waals surface area (Å²) in [5.74, 6) is 1.06. The van der Waals surface area contributed by atoms with Crippen LogP contribution in [0.15, 0.2) is 24.3 Å². The molecule has 0 radical (unpaired) electrons. The summed E-state index contributed by atoms with van der Waals surface area (Å²) in [5, 5.41) is 0. The zero-order chi connectivity index (χ0) is 9.26.